The zero-order valence-corrected chi connectivity index (χ0v) is 14.0. The van der Waals surface area contributed by atoms with E-state index in [1.54, 1.807) is 45.2 Å². The molecule has 1 N–H and O–H groups in total. The van der Waals surface area contributed by atoms with Crippen LogP contribution in [0.15, 0.2) is 30.6 Å². The summed E-state index contributed by atoms with van der Waals surface area (Å²) in [5, 5.41) is 2.82. The van der Waals surface area contributed by atoms with E-state index in [9.17, 15) is 18.0 Å². The number of carbonyl (C=O) groups is 1. The number of halogens is 3. The fourth-order valence-corrected chi connectivity index (χ4v) is 2.17. The van der Waals surface area contributed by atoms with Crippen LogP contribution in [0.25, 0.3) is 0 Å². The summed E-state index contributed by atoms with van der Waals surface area (Å²) in [6.45, 7) is 3.75. The van der Waals surface area contributed by atoms with Gasteiger partial charge >= 0.3 is 6.18 Å². The molecule has 0 bridgehead atoms. The molecule has 2 heterocycles. The van der Waals surface area contributed by atoms with Gasteiger partial charge in [0, 0.05) is 29.2 Å². The van der Waals surface area contributed by atoms with Gasteiger partial charge in [-0.2, -0.15) is 13.2 Å². The highest BCUT2D eigenvalue weighted by molar-refractivity contribution is 5.94. The lowest BCUT2D eigenvalue weighted by Crippen LogP contribution is -2.27. The van der Waals surface area contributed by atoms with Crippen LogP contribution < -0.4 is 10.1 Å². The first-order chi connectivity index (χ1) is 11.7. The number of hydrogen-bond donors (Lipinski definition) is 1. The topological polar surface area (TPSA) is 64.1 Å². The van der Waals surface area contributed by atoms with Gasteiger partial charge in [0.05, 0.1) is 6.04 Å². The number of hydrogen-bond acceptors (Lipinski definition) is 4. The number of nitrogens with zero attached hydrogens (tertiary/aromatic N) is 2. The summed E-state index contributed by atoms with van der Waals surface area (Å²) in [6, 6.07) is 4.54. The maximum atomic E-state index is 12.2. The third-order valence-corrected chi connectivity index (χ3v) is 3.43. The number of aryl methyl sites for hydroxylation is 2. The van der Waals surface area contributed by atoms with Crippen molar-refractivity contribution in [3.63, 3.8) is 0 Å². The van der Waals surface area contributed by atoms with Crippen molar-refractivity contribution in [1.82, 2.24) is 15.3 Å². The molecule has 2 aromatic heterocycles. The van der Waals surface area contributed by atoms with Crippen LogP contribution in [0.4, 0.5) is 13.2 Å². The van der Waals surface area contributed by atoms with E-state index in [1.165, 1.54) is 6.20 Å². The lowest BCUT2D eigenvalue weighted by Gasteiger charge is -2.16. The van der Waals surface area contributed by atoms with Crippen LogP contribution in [0.5, 0.6) is 5.88 Å². The van der Waals surface area contributed by atoms with Crippen LogP contribution in [0.1, 0.15) is 40.1 Å². The molecule has 0 aliphatic carbocycles. The fraction of sp³-hybridized carbons (Fsp3) is 0.353. The van der Waals surface area contributed by atoms with Crippen molar-refractivity contribution in [1.29, 1.82) is 0 Å². The Bertz CT molecular complexity index is 763. The molecule has 0 aliphatic rings. The highest BCUT2D eigenvalue weighted by Gasteiger charge is 2.29. The predicted molar refractivity (Wildman–Crippen MR) is 85.4 cm³/mol. The number of ether oxygens (including phenoxy) is 1. The second-order valence-corrected chi connectivity index (χ2v) is 5.68. The zero-order valence-electron chi connectivity index (χ0n) is 14.0. The molecule has 1 unspecified atom stereocenters. The van der Waals surface area contributed by atoms with Crippen molar-refractivity contribution >= 4 is 5.91 Å². The van der Waals surface area contributed by atoms with Crippen LogP contribution in [0.2, 0.25) is 0 Å². The molecule has 1 amide bonds. The van der Waals surface area contributed by atoms with Crippen molar-refractivity contribution in [2.45, 2.75) is 33.0 Å². The Hall–Kier alpha value is -2.64. The van der Waals surface area contributed by atoms with E-state index >= 15 is 0 Å². The average molecular weight is 353 g/mol. The van der Waals surface area contributed by atoms with Gasteiger partial charge in [-0.15, -0.1) is 0 Å². The molecule has 0 spiro atoms. The Morgan fingerprint density at radius 2 is 2.00 bits per heavy atom. The average Bonchev–Trinajstić information content (AvgIpc) is 2.52. The molecule has 134 valence electrons. The summed E-state index contributed by atoms with van der Waals surface area (Å²) in [4.78, 5) is 20.2. The van der Waals surface area contributed by atoms with Crippen LogP contribution in [0, 0.1) is 13.8 Å². The summed E-state index contributed by atoms with van der Waals surface area (Å²) in [6.07, 6.45) is -1.48. The quantitative estimate of drug-likeness (QED) is 0.893. The van der Waals surface area contributed by atoms with Gasteiger partial charge in [0.15, 0.2) is 6.61 Å². The van der Waals surface area contributed by atoms with Crippen molar-refractivity contribution in [3.05, 3.63) is 53.0 Å². The Morgan fingerprint density at radius 1 is 1.28 bits per heavy atom. The molecule has 0 radical (unpaired) electrons. The standard InChI is InChI=1S/C17H18F3N3O2/c1-10-6-14(8-22-16(10)25-9-17(18,19)20)12(3)23-15(24)13-4-5-21-11(2)7-13/h4-8,12H,9H2,1-3H3,(H,23,24). The summed E-state index contributed by atoms with van der Waals surface area (Å²) >= 11 is 0. The normalized spacial score (nSPS) is 12.6. The van der Waals surface area contributed by atoms with E-state index < -0.39 is 12.8 Å². The summed E-state index contributed by atoms with van der Waals surface area (Å²) in [5.74, 6) is -0.350. The first-order valence-corrected chi connectivity index (χ1v) is 7.55. The highest BCUT2D eigenvalue weighted by Crippen LogP contribution is 2.22. The Labute approximate surface area is 143 Å². The first kappa shape index (κ1) is 18.7. The molecule has 0 saturated heterocycles. The summed E-state index contributed by atoms with van der Waals surface area (Å²) < 4.78 is 41.3. The van der Waals surface area contributed by atoms with Crippen LogP contribution in [-0.4, -0.2) is 28.7 Å². The van der Waals surface area contributed by atoms with Gasteiger partial charge in [-0.25, -0.2) is 4.98 Å². The molecule has 2 rings (SSSR count). The van der Waals surface area contributed by atoms with E-state index in [1.807, 2.05) is 0 Å². The molecule has 0 fully saturated rings. The van der Waals surface area contributed by atoms with E-state index in [0.29, 0.717) is 16.7 Å². The second kappa shape index (κ2) is 7.50. The largest absolute Gasteiger partial charge is 0.468 e. The van der Waals surface area contributed by atoms with Gasteiger partial charge in [-0.1, -0.05) is 0 Å². The van der Waals surface area contributed by atoms with Crippen molar-refractivity contribution < 1.29 is 22.7 Å². The lowest BCUT2D eigenvalue weighted by molar-refractivity contribution is -0.154. The molecular weight excluding hydrogens is 335 g/mol. The molecule has 0 aromatic carbocycles. The molecule has 0 saturated carbocycles. The Balaban J connectivity index is 2.05. The highest BCUT2D eigenvalue weighted by atomic mass is 19.4. The number of aromatic nitrogens is 2. The SMILES string of the molecule is Cc1cc(C(=O)NC(C)c2cnc(OCC(F)(F)F)c(C)c2)ccn1. The molecule has 2 aromatic rings. The maximum Gasteiger partial charge on any atom is 0.422 e. The van der Waals surface area contributed by atoms with Crippen molar-refractivity contribution in [2.24, 2.45) is 0 Å². The number of pyridine rings is 2. The molecule has 1 atom stereocenters. The van der Waals surface area contributed by atoms with E-state index in [2.05, 4.69) is 20.0 Å². The number of rotatable bonds is 5. The first-order valence-electron chi connectivity index (χ1n) is 7.55. The Morgan fingerprint density at radius 3 is 2.60 bits per heavy atom. The van der Waals surface area contributed by atoms with Gasteiger partial charge in [0.1, 0.15) is 0 Å². The van der Waals surface area contributed by atoms with E-state index in [-0.39, 0.29) is 17.8 Å². The minimum absolute atomic E-state index is 0.0793. The van der Waals surface area contributed by atoms with Crippen LogP contribution in [0.3, 0.4) is 0 Å². The van der Waals surface area contributed by atoms with Crippen molar-refractivity contribution in [3.8, 4) is 5.88 Å². The van der Waals surface area contributed by atoms with Crippen molar-refractivity contribution in [2.75, 3.05) is 6.61 Å². The third kappa shape index (κ3) is 5.44. The van der Waals surface area contributed by atoms with E-state index in [4.69, 9.17) is 0 Å². The summed E-state index contributed by atoms with van der Waals surface area (Å²) in [5.41, 5.74) is 2.33. The monoisotopic (exact) mass is 353 g/mol. The molecule has 0 aliphatic heterocycles. The maximum absolute atomic E-state index is 12.2. The minimum Gasteiger partial charge on any atom is -0.468 e. The van der Waals surface area contributed by atoms with Crippen LogP contribution in [-0.2, 0) is 0 Å². The summed E-state index contributed by atoms with van der Waals surface area (Å²) in [7, 11) is 0. The second-order valence-electron chi connectivity index (χ2n) is 5.68. The zero-order chi connectivity index (χ0) is 18.6. The van der Waals surface area contributed by atoms with Crippen LogP contribution >= 0.6 is 0 Å². The van der Waals surface area contributed by atoms with Gasteiger partial charge < -0.3 is 10.1 Å². The smallest absolute Gasteiger partial charge is 0.422 e. The molecule has 5 nitrogen and oxygen atoms in total. The third-order valence-electron chi connectivity index (χ3n) is 3.43. The molecular formula is C17H18F3N3O2. The fourth-order valence-electron chi connectivity index (χ4n) is 2.17. The number of alkyl halides is 3. The Kier molecular flexibility index (Phi) is 5.61. The van der Waals surface area contributed by atoms with Gasteiger partial charge in [-0.3, -0.25) is 9.78 Å². The van der Waals surface area contributed by atoms with E-state index in [0.717, 1.165) is 5.69 Å². The number of nitrogens with one attached hydrogen (secondary N) is 1. The molecule has 8 heteroatoms. The lowest BCUT2D eigenvalue weighted by atomic mass is 10.1. The van der Waals surface area contributed by atoms with Gasteiger partial charge in [0.25, 0.3) is 5.91 Å². The minimum atomic E-state index is -4.42. The number of carbonyl (C=O) groups excluding carboxylic acids is 1. The predicted octanol–water partition coefficient (Wildman–Crippen LogP) is 3.53. The van der Waals surface area contributed by atoms with Gasteiger partial charge in [-0.05, 0) is 44.5 Å². The number of amides is 1. The molecule has 25 heavy (non-hydrogen) atoms. The van der Waals surface area contributed by atoms with Gasteiger partial charge in [0.2, 0.25) is 5.88 Å².